The van der Waals surface area contributed by atoms with Gasteiger partial charge in [-0.3, -0.25) is 9.78 Å². The second kappa shape index (κ2) is 5.64. The highest BCUT2D eigenvalue weighted by Crippen LogP contribution is 2.12. The Morgan fingerprint density at radius 2 is 2.20 bits per heavy atom. The molecule has 0 fully saturated rings. The van der Waals surface area contributed by atoms with Crippen LogP contribution in [0, 0.1) is 12.8 Å². The first-order chi connectivity index (χ1) is 7.11. The van der Waals surface area contributed by atoms with E-state index in [4.69, 9.17) is 0 Å². The van der Waals surface area contributed by atoms with Crippen LogP contribution in [-0.4, -0.2) is 10.8 Å². The molecule has 1 aromatic rings. The lowest BCUT2D eigenvalue weighted by molar-refractivity contribution is 0.0977. The first-order valence-corrected chi connectivity index (χ1v) is 5.56. The molecule has 0 unspecified atom stereocenters. The SMILES string of the molecule is Cc1ncccc1C(=O)CCCC(C)C. The third-order valence-electron chi connectivity index (χ3n) is 2.49. The van der Waals surface area contributed by atoms with Gasteiger partial charge in [-0.1, -0.05) is 20.3 Å². The van der Waals surface area contributed by atoms with Crippen molar-refractivity contribution in [3.8, 4) is 0 Å². The summed E-state index contributed by atoms with van der Waals surface area (Å²) in [7, 11) is 0. The molecule has 2 heteroatoms. The predicted molar refractivity (Wildman–Crippen MR) is 62.0 cm³/mol. The number of ketones is 1. The summed E-state index contributed by atoms with van der Waals surface area (Å²) in [5, 5.41) is 0. The van der Waals surface area contributed by atoms with Crippen LogP contribution in [0.2, 0.25) is 0 Å². The lowest BCUT2D eigenvalue weighted by atomic mass is 10.0. The van der Waals surface area contributed by atoms with Crippen LogP contribution in [-0.2, 0) is 0 Å². The fourth-order valence-corrected chi connectivity index (χ4v) is 1.58. The number of Topliss-reactive ketones (excluding diaryl/α,β-unsaturated/α-hetero) is 1. The highest BCUT2D eigenvalue weighted by molar-refractivity contribution is 5.96. The minimum Gasteiger partial charge on any atom is -0.294 e. The molecule has 0 saturated heterocycles. The van der Waals surface area contributed by atoms with E-state index < -0.39 is 0 Å². The maximum atomic E-state index is 11.8. The molecule has 0 aliphatic rings. The molecular formula is C13H19NO. The van der Waals surface area contributed by atoms with Crippen LogP contribution in [0.4, 0.5) is 0 Å². The third kappa shape index (κ3) is 3.82. The van der Waals surface area contributed by atoms with Crippen molar-refractivity contribution in [1.29, 1.82) is 0 Å². The fourth-order valence-electron chi connectivity index (χ4n) is 1.58. The lowest BCUT2D eigenvalue weighted by Gasteiger charge is -2.05. The maximum absolute atomic E-state index is 11.8. The molecule has 0 aliphatic heterocycles. The zero-order valence-electron chi connectivity index (χ0n) is 9.79. The van der Waals surface area contributed by atoms with E-state index in [0.29, 0.717) is 12.3 Å². The average Bonchev–Trinajstić information content (AvgIpc) is 2.17. The molecule has 0 radical (unpaired) electrons. The van der Waals surface area contributed by atoms with Gasteiger partial charge in [-0.15, -0.1) is 0 Å². The molecule has 0 amide bonds. The summed E-state index contributed by atoms with van der Waals surface area (Å²) in [5.41, 5.74) is 1.62. The Kier molecular flexibility index (Phi) is 4.47. The first-order valence-electron chi connectivity index (χ1n) is 5.56. The number of nitrogens with zero attached hydrogens (tertiary/aromatic N) is 1. The van der Waals surface area contributed by atoms with Crippen molar-refractivity contribution in [1.82, 2.24) is 4.98 Å². The van der Waals surface area contributed by atoms with Crippen LogP contribution >= 0.6 is 0 Å². The Labute approximate surface area is 91.7 Å². The number of aryl methyl sites for hydroxylation is 1. The molecule has 0 spiro atoms. The van der Waals surface area contributed by atoms with E-state index in [1.54, 1.807) is 6.20 Å². The minimum atomic E-state index is 0.223. The van der Waals surface area contributed by atoms with E-state index in [-0.39, 0.29) is 5.78 Å². The average molecular weight is 205 g/mol. The molecule has 0 saturated carbocycles. The standard InChI is InChI=1S/C13H19NO/c1-10(2)6-4-8-13(15)12-7-5-9-14-11(12)3/h5,7,9-10H,4,6,8H2,1-3H3. The van der Waals surface area contributed by atoms with Crippen molar-refractivity contribution in [2.24, 2.45) is 5.92 Å². The Hall–Kier alpha value is -1.18. The van der Waals surface area contributed by atoms with Gasteiger partial charge in [0.05, 0.1) is 0 Å². The van der Waals surface area contributed by atoms with Gasteiger partial charge in [-0.2, -0.15) is 0 Å². The van der Waals surface area contributed by atoms with E-state index in [0.717, 1.165) is 24.1 Å². The van der Waals surface area contributed by atoms with Gasteiger partial charge in [-0.25, -0.2) is 0 Å². The second-order valence-electron chi connectivity index (χ2n) is 4.35. The smallest absolute Gasteiger partial charge is 0.164 e. The van der Waals surface area contributed by atoms with Crippen LogP contribution < -0.4 is 0 Å². The number of hydrogen-bond donors (Lipinski definition) is 0. The fraction of sp³-hybridized carbons (Fsp3) is 0.538. The van der Waals surface area contributed by atoms with Crippen molar-refractivity contribution >= 4 is 5.78 Å². The number of pyridine rings is 1. The van der Waals surface area contributed by atoms with E-state index in [2.05, 4.69) is 18.8 Å². The van der Waals surface area contributed by atoms with Gasteiger partial charge in [0.2, 0.25) is 0 Å². The summed E-state index contributed by atoms with van der Waals surface area (Å²) < 4.78 is 0. The van der Waals surface area contributed by atoms with Gasteiger partial charge < -0.3 is 0 Å². The normalized spacial score (nSPS) is 10.7. The summed E-state index contributed by atoms with van der Waals surface area (Å²) >= 11 is 0. The summed E-state index contributed by atoms with van der Waals surface area (Å²) in [6.45, 7) is 6.25. The quantitative estimate of drug-likeness (QED) is 0.689. The molecule has 1 heterocycles. The molecule has 2 nitrogen and oxygen atoms in total. The third-order valence-corrected chi connectivity index (χ3v) is 2.49. The van der Waals surface area contributed by atoms with Crippen LogP contribution in [0.3, 0.4) is 0 Å². The van der Waals surface area contributed by atoms with Crippen molar-refractivity contribution in [3.63, 3.8) is 0 Å². The van der Waals surface area contributed by atoms with Gasteiger partial charge in [0, 0.05) is 23.9 Å². The summed E-state index contributed by atoms with van der Waals surface area (Å²) in [6, 6.07) is 3.68. The summed E-state index contributed by atoms with van der Waals surface area (Å²) in [4.78, 5) is 15.9. The summed E-state index contributed by atoms with van der Waals surface area (Å²) in [6.07, 6.45) is 4.46. The van der Waals surface area contributed by atoms with Crippen molar-refractivity contribution < 1.29 is 4.79 Å². The largest absolute Gasteiger partial charge is 0.294 e. The van der Waals surface area contributed by atoms with Gasteiger partial charge in [0.1, 0.15) is 0 Å². The molecule has 0 bridgehead atoms. The van der Waals surface area contributed by atoms with Crippen LogP contribution in [0.1, 0.15) is 49.2 Å². The molecule has 1 aromatic heterocycles. The zero-order valence-corrected chi connectivity index (χ0v) is 9.79. The zero-order chi connectivity index (χ0) is 11.3. The molecule has 0 N–H and O–H groups in total. The topological polar surface area (TPSA) is 30.0 Å². The van der Waals surface area contributed by atoms with Crippen molar-refractivity contribution in [3.05, 3.63) is 29.6 Å². The Morgan fingerprint density at radius 3 is 2.80 bits per heavy atom. The number of rotatable bonds is 5. The van der Waals surface area contributed by atoms with E-state index in [9.17, 15) is 4.79 Å². The van der Waals surface area contributed by atoms with E-state index >= 15 is 0 Å². The highest BCUT2D eigenvalue weighted by atomic mass is 16.1. The number of carbonyl (C=O) groups excluding carboxylic acids is 1. The Bertz CT molecular complexity index is 331. The monoisotopic (exact) mass is 205 g/mol. The second-order valence-corrected chi connectivity index (χ2v) is 4.35. The molecule has 15 heavy (non-hydrogen) atoms. The maximum Gasteiger partial charge on any atom is 0.164 e. The summed E-state index contributed by atoms with van der Waals surface area (Å²) in [5.74, 6) is 0.897. The molecule has 0 atom stereocenters. The highest BCUT2D eigenvalue weighted by Gasteiger charge is 2.08. The van der Waals surface area contributed by atoms with Gasteiger partial charge in [0.15, 0.2) is 5.78 Å². The van der Waals surface area contributed by atoms with E-state index in [1.165, 1.54) is 0 Å². The molecule has 82 valence electrons. The first kappa shape index (κ1) is 11.9. The van der Waals surface area contributed by atoms with E-state index in [1.807, 2.05) is 19.1 Å². The van der Waals surface area contributed by atoms with Crippen LogP contribution in [0.15, 0.2) is 18.3 Å². The number of carbonyl (C=O) groups is 1. The van der Waals surface area contributed by atoms with Gasteiger partial charge in [-0.05, 0) is 31.4 Å². The Balaban J connectivity index is 2.51. The van der Waals surface area contributed by atoms with Gasteiger partial charge in [0.25, 0.3) is 0 Å². The number of hydrogen-bond acceptors (Lipinski definition) is 2. The van der Waals surface area contributed by atoms with Crippen LogP contribution in [0.5, 0.6) is 0 Å². The number of aromatic nitrogens is 1. The van der Waals surface area contributed by atoms with Crippen molar-refractivity contribution in [2.75, 3.05) is 0 Å². The molecule has 0 aliphatic carbocycles. The van der Waals surface area contributed by atoms with Crippen LogP contribution in [0.25, 0.3) is 0 Å². The van der Waals surface area contributed by atoms with Gasteiger partial charge >= 0.3 is 0 Å². The molecule has 0 aromatic carbocycles. The lowest BCUT2D eigenvalue weighted by Crippen LogP contribution is -2.03. The van der Waals surface area contributed by atoms with Crippen molar-refractivity contribution in [2.45, 2.75) is 40.0 Å². The Morgan fingerprint density at radius 1 is 1.47 bits per heavy atom. The molecular weight excluding hydrogens is 186 g/mol. The predicted octanol–water partition coefficient (Wildman–Crippen LogP) is 3.40. The minimum absolute atomic E-state index is 0.223. The molecule has 1 rings (SSSR count).